The molecule has 0 bridgehead atoms. The fraction of sp³-hybridized carbons (Fsp3) is 0.154. The second-order valence-corrected chi connectivity index (χ2v) is 8.34. The van der Waals surface area contributed by atoms with Crippen LogP contribution in [0.15, 0.2) is 59.4 Å². The first-order chi connectivity index (χ1) is 16.9. The molecule has 5 rings (SSSR count). The Morgan fingerprint density at radius 1 is 1.06 bits per heavy atom. The van der Waals surface area contributed by atoms with Gasteiger partial charge in [-0.3, -0.25) is 10.1 Å². The van der Waals surface area contributed by atoms with Gasteiger partial charge in [0.25, 0.3) is 5.56 Å². The Morgan fingerprint density at radius 3 is 2.74 bits per heavy atom. The molecule has 5 aromatic rings. The Hall–Kier alpha value is -4.53. The summed E-state index contributed by atoms with van der Waals surface area (Å²) >= 11 is 0. The SMILES string of the molecule is CCNC(=O)Nc1nc2ccc(-c3cc(Cc4n[nH]c(=O)c5ccc(C)cc45)ccc3F)cc2[nH]1. The van der Waals surface area contributed by atoms with Crippen molar-refractivity contribution in [1.82, 2.24) is 25.5 Å². The zero-order chi connectivity index (χ0) is 24.5. The van der Waals surface area contributed by atoms with Gasteiger partial charge < -0.3 is 10.3 Å². The van der Waals surface area contributed by atoms with Gasteiger partial charge in [-0.15, -0.1) is 0 Å². The third-order valence-corrected chi connectivity index (χ3v) is 5.79. The maximum atomic E-state index is 14.9. The normalized spacial score (nSPS) is 11.2. The van der Waals surface area contributed by atoms with Crippen LogP contribution in [-0.2, 0) is 6.42 Å². The third kappa shape index (κ3) is 4.48. The number of H-pyrrole nitrogens is 2. The average molecular weight is 471 g/mol. The molecule has 4 N–H and O–H groups in total. The van der Waals surface area contributed by atoms with Crippen molar-refractivity contribution >= 4 is 33.8 Å². The van der Waals surface area contributed by atoms with Gasteiger partial charge in [0, 0.05) is 23.9 Å². The number of nitrogens with one attached hydrogen (secondary N) is 4. The molecule has 3 aromatic carbocycles. The summed E-state index contributed by atoms with van der Waals surface area (Å²) in [6.07, 6.45) is 0.428. The number of amides is 2. The van der Waals surface area contributed by atoms with Crippen molar-refractivity contribution in [2.45, 2.75) is 20.3 Å². The fourth-order valence-electron chi connectivity index (χ4n) is 4.11. The first-order valence-corrected chi connectivity index (χ1v) is 11.2. The van der Waals surface area contributed by atoms with E-state index in [-0.39, 0.29) is 17.4 Å². The van der Waals surface area contributed by atoms with E-state index < -0.39 is 0 Å². The quantitative estimate of drug-likeness (QED) is 0.299. The van der Waals surface area contributed by atoms with Crippen LogP contribution in [0.1, 0.15) is 23.7 Å². The van der Waals surface area contributed by atoms with Crippen LogP contribution in [0, 0.1) is 12.7 Å². The van der Waals surface area contributed by atoms with Crippen LogP contribution in [0.4, 0.5) is 15.1 Å². The van der Waals surface area contributed by atoms with Crippen LogP contribution in [0.3, 0.4) is 0 Å². The van der Waals surface area contributed by atoms with Gasteiger partial charge in [0.1, 0.15) is 5.82 Å². The number of imidazole rings is 1. The van der Waals surface area contributed by atoms with Crippen LogP contribution >= 0.6 is 0 Å². The van der Waals surface area contributed by atoms with Crippen LogP contribution in [0.25, 0.3) is 32.9 Å². The summed E-state index contributed by atoms with van der Waals surface area (Å²) < 4.78 is 14.9. The minimum atomic E-state index is -0.358. The number of hydrogen-bond donors (Lipinski definition) is 4. The van der Waals surface area contributed by atoms with E-state index in [1.54, 1.807) is 36.4 Å². The number of fused-ring (bicyclic) bond motifs is 2. The minimum absolute atomic E-state index is 0.238. The third-order valence-electron chi connectivity index (χ3n) is 5.79. The van der Waals surface area contributed by atoms with Gasteiger partial charge >= 0.3 is 6.03 Å². The molecule has 9 heteroatoms. The van der Waals surface area contributed by atoms with Crippen LogP contribution in [0.5, 0.6) is 0 Å². The first kappa shape index (κ1) is 22.3. The summed E-state index contributed by atoms with van der Waals surface area (Å²) in [5, 5.41) is 13.5. The molecule has 0 saturated carbocycles. The number of halogens is 1. The topological polar surface area (TPSA) is 116 Å². The number of aryl methyl sites for hydroxylation is 1. The van der Waals surface area contributed by atoms with E-state index in [2.05, 4.69) is 30.8 Å². The average Bonchev–Trinajstić information content (AvgIpc) is 3.23. The lowest BCUT2D eigenvalue weighted by Gasteiger charge is -2.09. The number of hydrogen-bond acceptors (Lipinski definition) is 4. The number of carbonyl (C=O) groups excluding carboxylic acids is 1. The molecule has 0 fully saturated rings. The molecule has 0 aliphatic heterocycles. The largest absolute Gasteiger partial charge is 0.338 e. The molecule has 0 saturated heterocycles. The van der Waals surface area contributed by atoms with E-state index in [0.29, 0.717) is 52.2 Å². The lowest BCUT2D eigenvalue weighted by Crippen LogP contribution is -2.28. The molecule has 0 unspecified atom stereocenters. The van der Waals surface area contributed by atoms with E-state index in [0.717, 1.165) is 16.5 Å². The number of carbonyl (C=O) groups is 1. The zero-order valence-corrected chi connectivity index (χ0v) is 19.2. The van der Waals surface area contributed by atoms with Crippen LogP contribution < -0.4 is 16.2 Å². The lowest BCUT2D eigenvalue weighted by atomic mass is 9.98. The molecule has 0 aliphatic rings. The van der Waals surface area contributed by atoms with Gasteiger partial charge in [-0.05, 0) is 61.4 Å². The minimum Gasteiger partial charge on any atom is -0.338 e. The van der Waals surface area contributed by atoms with E-state index in [4.69, 9.17) is 0 Å². The lowest BCUT2D eigenvalue weighted by molar-refractivity contribution is 0.252. The Kier molecular flexibility index (Phi) is 5.74. The molecular formula is C26H23FN6O2. The Balaban J connectivity index is 1.49. The molecular weight excluding hydrogens is 447 g/mol. The summed E-state index contributed by atoms with van der Waals surface area (Å²) in [6.45, 7) is 4.28. The highest BCUT2D eigenvalue weighted by Crippen LogP contribution is 2.28. The molecule has 8 nitrogen and oxygen atoms in total. The summed E-state index contributed by atoms with van der Waals surface area (Å²) in [7, 11) is 0. The highest BCUT2D eigenvalue weighted by Gasteiger charge is 2.13. The van der Waals surface area contributed by atoms with Crippen molar-refractivity contribution < 1.29 is 9.18 Å². The standard InChI is InChI=1S/C26H23FN6O2/c1-3-28-26(35)31-25-29-21-9-6-16(13-23(21)30-25)18-11-15(5-8-20(18)27)12-22-19-10-14(2)4-7-17(19)24(34)33-32-22/h4-11,13H,3,12H2,1-2H3,(H,33,34)(H3,28,29,30,31,35). The molecule has 35 heavy (non-hydrogen) atoms. The van der Waals surface area contributed by atoms with Crippen molar-refractivity contribution in [2.75, 3.05) is 11.9 Å². The Bertz CT molecular complexity index is 1640. The maximum Gasteiger partial charge on any atom is 0.321 e. The smallest absolute Gasteiger partial charge is 0.321 e. The highest BCUT2D eigenvalue weighted by atomic mass is 19.1. The van der Waals surface area contributed by atoms with E-state index >= 15 is 0 Å². The van der Waals surface area contributed by atoms with Gasteiger partial charge in [-0.2, -0.15) is 5.10 Å². The van der Waals surface area contributed by atoms with Crippen molar-refractivity contribution in [3.8, 4) is 11.1 Å². The van der Waals surface area contributed by atoms with Crippen molar-refractivity contribution in [1.29, 1.82) is 0 Å². The van der Waals surface area contributed by atoms with Crippen molar-refractivity contribution in [3.05, 3.63) is 87.6 Å². The number of rotatable bonds is 5. The van der Waals surface area contributed by atoms with Gasteiger partial charge in [0.05, 0.1) is 22.1 Å². The molecule has 176 valence electrons. The summed E-state index contributed by atoms with van der Waals surface area (Å²) in [6, 6.07) is 15.6. The van der Waals surface area contributed by atoms with E-state index in [1.165, 1.54) is 6.07 Å². The Labute approximate surface area is 199 Å². The number of nitrogens with zero attached hydrogens (tertiary/aromatic N) is 2. The van der Waals surface area contributed by atoms with Crippen LogP contribution in [0.2, 0.25) is 0 Å². The number of urea groups is 1. The molecule has 0 aliphatic carbocycles. The molecule has 2 aromatic heterocycles. The van der Waals surface area contributed by atoms with Crippen molar-refractivity contribution in [3.63, 3.8) is 0 Å². The molecule has 0 radical (unpaired) electrons. The summed E-state index contributed by atoms with van der Waals surface area (Å²) in [5.41, 5.74) is 4.77. The predicted molar refractivity (Wildman–Crippen MR) is 134 cm³/mol. The molecule has 2 heterocycles. The van der Waals surface area contributed by atoms with Gasteiger partial charge in [0.2, 0.25) is 5.95 Å². The van der Waals surface area contributed by atoms with E-state index in [1.807, 2.05) is 26.0 Å². The van der Waals surface area contributed by atoms with Crippen molar-refractivity contribution in [2.24, 2.45) is 0 Å². The Morgan fingerprint density at radius 2 is 1.91 bits per heavy atom. The highest BCUT2D eigenvalue weighted by molar-refractivity contribution is 5.91. The number of aromatic amines is 2. The van der Waals surface area contributed by atoms with Crippen LogP contribution in [-0.4, -0.2) is 32.7 Å². The molecule has 0 spiro atoms. The maximum absolute atomic E-state index is 14.9. The first-order valence-electron chi connectivity index (χ1n) is 11.2. The van der Waals surface area contributed by atoms with Gasteiger partial charge in [0.15, 0.2) is 0 Å². The molecule has 2 amide bonds. The number of aromatic nitrogens is 4. The monoisotopic (exact) mass is 470 g/mol. The van der Waals surface area contributed by atoms with Gasteiger partial charge in [-0.1, -0.05) is 23.8 Å². The summed E-state index contributed by atoms with van der Waals surface area (Å²) in [5.74, 6) is -0.0490. The van der Waals surface area contributed by atoms with E-state index in [9.17, 15) is 14.0 Å². The second-order valence-electron chi connectivity index (χ2n) is 8.34. The fourth-order valence-corrected chi connectivity index (χ4v) is 4.11. The number of anilines is 1. The second kappa shape index (κ2) is 9.02. The molecule has 0 atom stereocenters. The number of benzene rings is 3. The van der Waals surface area contributed by atoms with Gasteiger partial charge in [-0.25, -0.2) is 19.3 Å². The predicted octanol–water partition coefficient (Wildman–Crippen LogP) is 4.65. The zero-order valence-electron chi connectivity index (χ0n) is 19.2. The summed E-state index contributed by atoms with van der Waals surface area (Å²) in [4.78, 5) is 31.3.